The molecule has 0 amide bonds. The van der Waals surface area contributed by atoms with Crippen LogP contribution in [0.25, 0.3) is 0 Å². The van der Waals surface area contributed by atoms with E-state index in [9.17, 15) is 9.90 Å². The molecule has 0 aliphatic carbocycles. The van der Waals surface area contributed by atoms with Gasteiger partial charge in [-0.3, -0.25) is 4.79 Å². The van der Waals surface area contributed by atoms with Crippen LogP contribution in [-0.2, 0) is 9.53 Å². The first-order valence-electron chi connectivity index (χ1n) is 10.3. The summed E-state index contributed by atoms with van der Waals surface area (Å²) < 4.78 is 7.13. The molecule has 1 atom stereocenters. The fourth-order valence-corrected chi connectivity index (χ4v) is 4.70. The van der Waals surface area contributed by atoms with Gasteiger partial charge in [0.15, 0.2) is 0 Å². The average molecular weight is 415 g/mol. The van der Waals surface area contributed by atoms with Crippen molar-refractivity contribution in [3.63, 3.8) is 0 Å². The van der Waals surface area contributed by atoms with Crippen LogP contribution in [0, 0.1) is 0 Å². The number of benzene rings is 2. The number of nitrogens with one attached hydrogen (secondary N) is 1. The van der Waals surface area contributed by atoms with Crippen molar-refractivity contribution in [3.05, 3.63) is 53.6 Å². The fourth-order valence-electron chi connectivity index (χ4n) is 3.67. The Bertz CT molecular complexity index is 828. The van der Waals surface area contributed by atoms with Gasteiger partial charge in [0.2, 0.25) is 0 Å². The summed E-state index contributed by atoms with van der Waals surface area (Å²) >= 11 is 1.64. The van der Waals surface area contributed by atoms with Crippen LogP contribution in [0.4, 0.5) is 5.69 Å². The van der Waals surface area contributed by atoms with Gasteiger partial charge in [-0.1, -0.05) is 37.1 Å². The highest BCUT2D eigenvalue weighted by Crippen LogP contribution is 2.43. The van der Waals surface area contributed by atoms with Crippen molar-refractivity contribution in [1.82, 2.24) is 5.32 Å². The first kappa shape index (κ1) is 21.5. The summed E-state index contributed by atoms with van der Waals surface area (Å²) in [4.78, 5) is 12.5. The molecule has 0 radical (unpaired) electrons. The largest absolute Gasteiger partial charge is 0.508 e. The van der Waals surface area contributed by atoms with Gasteiger partial charge in [0, 0.05) is 18.4 Å². The second-order valence-corrected chi connectivity index (χ2v) is 8.40. The van der Waals surface area contributed by atoms with E-state index in [-0.39, 0.29) is 17.8 Å². The van der Waals surface area contributed by atoms with Crippen molar-refractivity contribution in [2.45, 2.75) is 50.0 Å². The van der Waals surface area contributed by atoms with Crippen molar-refractivity contribution in [2.24, 2.45) is 0 Å². The minimum Gasteiger partial charge on any atom is -0.508 e. The van der Waals surface area contributed by atoms with Gasteiger partial charge in [-0.25, -0.2) is 0 Å². The monoisotopic (exact) mass is 414 g/mol. The molecule has 1 aliphatic rings. The zero-order chi connectivity index (χ0) is 20.6. The molecule has 156 valence electrons. The molecule has 0 saturated carbocycles. The zero-order valence-electron chi connectivity index (χ0n) is 17.2. The van der Waals surface area contributed by atoms with Gasteiger partial charge in [0.1, 0.15) is 5.75 Å². The Morgan fingerprint density at radius 2 is 1.93 bits per heavy atom. The summed E-state index contributed by atoms with van der Waals surface area (Å²) in [6, 6.07) is 14.1. The first-order chi connectivity index (χ1) is 14.1. The van der Waals surface area contributed by atoms with Crippen LogP contribution in [0.2, 0.25) is 0 Å². The van der Waals surface area contributed by atoms with Gasteiger partial charge >= 0.3 is 5.97 Å². The van der Waals surface area contributed by atoms with Crippen LogP contribution in [0.5, 0.6) is 5.75 Å². The molecule has 6 heteroatoms. The number of esters is 1. The number of hydrogen-bond donors (Lipinski definition) is 2. The Hall–Kier alpha value is -2.18. The topological polar surface area (TPSA) is 61.8 Å². The molecule has 29 heavy (non-hydrogen) atoms. The lowest BCUT2D eigenvalue weighted by molar-refractivity contribution is -0.143. The van der Waals surface area contributed by atoms with Gasteiger partial charge in [-0.2, -0.15) is 0 Å². The molecule has 2 N–H and O–H groups in total. The highest BCUT2D eigenvalue weighted by molar-refractivity contribution is 8.00. The van der Waals surface area contributed by atoms with Crippen LogP contribution in [-0.4, -0.2) is 31.3 Å². The Morgan fingerprint density at radius 3 is 2.76 bits per heavy atom. The van der Waals surface area contributed by atoms with E-state index in [2.05, 4.69) is 40.9 Å². The number of unbranched alkanes of at least 4 members (excludes halogenated alkanes) is 3. The molecule has 2 aromatic carbocycles. The Morgan fingerprint density at radius 1 is 1.14 bits per heavy atom. The van der Waals surface area contributed by atoms with Crippen LogP contribution in [0.1, 0.15) is 56.2 Å². The average Bonchev–Trinajstić information content (AvgIpc) is 2.82. The molecule has 0 aromatic heterocycles. The maximum atomic E-state index is 11.4. The number of aromatic hydroxyl groups is 1. The molecule has 1 aliphatic heterocycles. The van der Waals surface area contributed by atoms with Gasteiger partial charge in [-0.05, 0) is 67.6 Å². The van der Waals surface area contributed by atoms with Crippen molar-refractivity contribution >= 4 is 23.6 Å². The SMILES string of the molecule is CCOC(=O)CCCCCCNC1c2ccc(O)cc2SN(C)c2ccccc21. The molecule has 0 saturated heterocycles. The molecular formula is C23H30N2O3S. The molecule has 1 unspecified atom stereocenters. The number of nitrogens with zero attached hydrogens (tertiary/aromatic N) is 1. The zero-order valence-corrected chi connectivity index (χ0v) is 18.0. The van der Waals surface area contributed by atoms with Crippen molar-refractivity contribution in [2.75, 3.05) is 24.5 Å². The number of ether oxygens (including phenoxy) is 1. The number of hydrogen-bond acceptors (Lipinski definition) is 6. The lowest BCUT2D eigenvalue weighted by atomic mass is 9.96. The van der Waals surface area contributed by atoms with Crippen molar-refractivity contribution in [3.8, 4) is 5.75 Å². The third-order valence-electron chi connectivity index (χ3n) is 5.09. The molecule has 0 fully saturated rings. The smallest absolute Gasteiger partial charge is 0.305 e. The summed E-state index contributed by atoms with van der Waals surface area (Å²) in [5.74, 6) is 0.193. The van der Waals surface area contributed by atoms with E-state index in [1.165, 1.54) is 16.8 Å². The number of fused-ring (bicyclic) bond motifs is 2. The lowest BCUT2D eigenvalue weighted by Crippen LogP contribution is -2.24. The summed E-state index contributed by atoms with van der Waals surface area (Å²) in [5, 5.41) is 13.7. The maximum Gasteiger partial charge on any atom is 0.305 e. The summed E-state index contributed by atoms with van der Waals surface area (Å²) in [6.07, 6.45) is 4.56. The minimum atomic E-state index is -0.0952. The number of rotatable bonds is 9. The van der Waals surface area contributed by atoms with E-state index in [1.807, 2.05) is 19.1 Å². The molecule has 5 nitrogen and oxygen atoms in total. The second-order valence-electron chi connectivity index (χ2n) is 7.23. The number of phenols is 1. The van der Waals surface area contributed by atoms with Gasteiger partial charge in [0.05, 0.1) is 18.3 Å². The third kappa shape index (κ3) is 5.67. The van der Waals surface area contributed by atoms with Gasteiger partial charge < -0.3 is 19.5 Å². The normalized spacial score (nSPS) is 15.4. The van der Waals surface area contributed by atoms with E-state index in [0.717, 1.165) is 37.1 Å². The predicted molar refractivity (Wildman–Crippen MR) is 118 cm³/mol. The number of para-hydroxylation sites is 1. The van der Waals surface area contributed by atoms with E-state index >= 15 is 0 Å². The Balaban J connectivity index is 1.61. The van der Waals surface area contributed by atoms with Crippen LogP contribution in [0.3, 0.4) is 0 Å². The lowest BCUT2D eigenvalue weighted by Gasteiger charge is -2.22. The van der Waals surface area contributed by atoms with Gasteiger partial charge in [-0.15, -0.1) is 0 Å². The van der Waals surface area contributed by atoms with Gasteiger partial charge in [0.25, 0.3) is 0 Å². The van der Waals surface area contributed by atoms with E-state index in [0.29, 0.717) is 13.0 Å². The summed E-state index contributed by atoms with van der Waals surface area (Å²) in [5.41, 5.74) is 3.61. The minimum absolute atomic E-state index is 0.0822. The Labute approximate surface area is 177 Å². The molecule has 2 aromatic rings. The van der Waals surface area contributed by atoms with E-state index in [4.69, 9.17) is 4.74 Å². The molecule has 0 spiro atoms. The summed E-state index contributed by atoms with van der Waals surface area (Å²) in [6.45, 7) is 3.19. The molecule has 1 heterocycles. The summed E-state index contributed by atoms with van der Waals surface area (Å²) in [7, 11) is 2.06. The number of carbonyl (C=O) groups is 1. The maximum absolute atomic E-state index is 11.4. The molecular weight excluding hydrogens is 384 g/mol. The van der Waals surface area contributed by atoms with Crippen LogP contribution < -0.4 is 9.62 Å². The highest BCUT2D eigenvalue weighted by Gasteiger charge is 2.26. The third-order valence-corrected chi connectivity index (χ3v) is 6.11. The van der Waals surface area contributed by atoms with Crippen molar-refractivity contribution < 1.29 is 14.6 Å². The van der Waals surface area contributed by atoms with E-state index in [1.54, 1.807) is 18.0 Å². The second kappa shape index (κ2) is 10.6. The van der Waals surface area contributed by atoms with E-state index < -0.39 is 0 Å². The Kier molecular flexibility index (Phi) is 7.83. The quantitative estimate of drug-likeness (QED) is 0.340. The number of phenolic OH excluding ortho intramolecular Hbond substituents is 1. The standard InChI is InChI=1S/C23H30N2O3S/c1-3-28-22(27)12-6-4-5-9-15-24-23-18-10-7-8-11-20(18)25(2)29-21-16-17(26)13-14-19(21)23/h7-8,10-11,13-14,16,23-24,26H,3-6,9,12,15H2,1-2H3. The number of carbonyl (C=O) groups excluding carboxylic acids is 1. The fraction of sp³-hybridized carbons (Fsp3) is 0.435. The van der Waals surface area contributed by atoms with Crippen molar-refractivity contribution in [1.29, 1.82) is 0 Å². The highest BCUT2D eigenvalue weighted by atomic mass is 32.2. The predicted octanol–water partition coefficient (Wildman–Crippen LogP) is 5.04. The molecule has 0 bridgehead atoms. The first-order valence-corrected chi connectivity index (χ1v) is 11.1. The van der Waals surface area contributed by atoms with Crippen LogP contribution in [0.15, 0.2) is 47.4 Å². The molecule has 3 rings (SSSR count). The van der Waals surface area contributed by atoms with Crippen LogP contribution >= 0.6 is 11.9 Å². The number of anilines is 1.